The van der Waals surface area contributed by atoms with Gasteiger partial charge in [-0.3, -0.25) is 5.32 Å². The molecule has 11 nitrogen and oxygen atoms in total. The summed E-state index contributed by atoms with van der Waals surface area (Å²) in [6, 6.07) is 23.6. The van der Waals surface area contributed by atoms with E-state index in [1.807, 2.05) is 54.6 Å². The maximum Gasteiger partial charge on any atom is 0.411 e. The molecule has 1 saturated heterocycles. The maximum absolute atomic E-state index is 12.6. The van der Waals surface area contributed by atoms with Gasteiger partial charge in [-0.15, -0.1) is 0 Å². The van der Waals surface area contributed by atoms with Gasteiger partial charge < -0.3 is 25.0 Å². The molecule has 0 aromatic heterocycles. The molecule has 0 aliphatic carbocycles. The fourth-order valence-corrected chi connectivity index (χ4v) is 6.14. The van der Waals surface area contributed by atoms with Crippen LogP contribution in [0.5, 0.6) is 5.75 Å². The number of ether oxygens (including phenoxy) is 2. The molecule has 0 saturated carbocycles. The van der Waals surface area contributed by atoms with Gasteiger partial charge in [0.2, 0.25) is 10.0 Å². The molecule has 1 aliphatic heterocycles. The number of benzene rings is 3. The molecule has 0 atom stereocenters. The highest BCUT2D eigenvalue weighted by Gasteiger charge is 2.22. The van der Waals surface area contributed by atoms with Crippen molar-refractivity contribution in [2.75, 3.05) is 51.7 Å². The molecule has 3 amide bonds. The van der Waals surface area contributed by atoms with Crippen molar-refractivity contribution in [3.63, 3.8) is 0 Å². The zero-order valence-corrected chi connectivity index (χ0v) is 26.5. The lowest BCUT2D eigenvalue weighted by molar-refractivity contribution is 0.0594. The number of urea groups is 1. The molecule has 0 bridgehead atoms. The van der Waals surface area contributed by atoms with E-state index >= 15 is 0 Å². The highest BCUT2D eigenvalue weighted by Crippen LogP contribution is 2.28. The van der Waals surface area contributed by atoms with Crippen molar-refractivity contribution < 1.29 is 27.5 Å². The van der Waals surface area contributed by atoms with Crippen LogP contribution in [0.15, 0.2) is 83.8 Å². The third kappa shape index (κ3) is 11.1. The second-order valence-corrected chi connectivity index (χ2v) is 12.6. The fourth-order valence-electron chi connectivity index (χ4n) is 5.07. The van der Waals surface area contributed by atoms with Crippen LogP contribution in [0, 0.1) is 0 Å². The largest absolute Gasteiger partial charge is 0.497 e. The average Bonchev–Trinajstić information content (AvgIpc) is 3.05. The number of carbonyl (C=O) groups is 2. The van der Waals surface area contributed by atoms with Crippen molar-refractivity contribution in [1.29, 1.82) is 0 Å². The molecule has 0 radical (unpaired) electrons. The van der Waals surface area contributed by atoms with Gasteiger partial charge in [0.25, 0.3) is 0 Å². The summed E-state index contributed by atoms with van der Waals surface area (Å²) in [7, 11) is -2.03. The van der Waals surface area contributed by atoms with Gasteiger partial charge >= 0.3 is 12.1 Å². The summed E-state index contributed by atoms with van der Waals surface area (Å²) in [5.74, 6) is 0.598. The van der Waals surface area contributed by atoms with Gasteiger partial charge in [-0.05, 0) is 61.6 Å². The number of carbonyl (C=O) groups excluding carboxylic acids is 2. The lowest BCUT2D eigenvalue weighted by Gasteiger charge is -2.31. The van der Waals surface area contributed by atoms with Crippen LogP contribution in [0.3, 0.4) is 0 Å². The van der Waals surface area contributed by atoms with Gasteiger partial charge in [0.15, 0.2) is 0 Å². The molecule has 1 heterocycles. The van der Waals surface area contributed by atoms with Gasteiger partial charge in [0, 0.05) is 44.8 Å². The minimum absolute atomic E-state index is 0.154. The maximum atomic E-state index is 12.6. The van der Waals surface area contributed by atoms with Crippen LogP contribution >= 0.6 is 0 Å². The highest BCUT2D eigenvalue weighted by molar-refractivity contribution is 7.89. The number of hydrogen-bond acceptors (Lipinski definition) is 7. The van der Waals surface area contributed by atoms with E-state index in [-0.39, 0.29) is 17.0 Å². The normalized spacial score (nSPS) is 14.0. The number of para-hydroxylation sites is 1. The lowest BCUT2D eigenvalue weighted by Crippen LogP contribution is -2.44. The molecule has 242 valence electrons. The summed E-state index contributed by atoms with van der Waals surface area (Å²) in [6.45, 7) is 3.63. The lowest BCUT2D eigenvalue weighted by atomic mass is 10.0. The van der Waals surface area contributed by atoms with E-state index in [1.165, 1.54) is 19.2 Å². The summed E-state index contributed by atoms with van der Waals surface area (Å²) in [4.78, 5) is 27.2. The molecule has 1 fully saturated rings. The van der Waals surface area contributed by atoms with Gasteiger partial charge in [-0.2, -0.15) is 0 Å². The summed E-state index contributed by atoms with van der Waals surface area (Å²) >= 11 is 0. The fraction of sp³-hybridized carbons (Fsp3) is 0.394. The Labute approximate surface area is 265 Å². The number of methoxy groups -OCH3 is 1. The van der Waals surface area contributed by atoms with Gasteiger partial charge in [0.05, 0.1) is 17.7 Å². The van der Waals surface area contributed by atoms with Crippen LogP contribution < -0.4 is 25.4 Å². The Balaban J connectivity index is 1.02. The molecule has 3 aromatic carbocycles. The predicted octanol–water partition coefficient (Wildman–Crippen LogP) is 4.82. The quantitative estimate of drug-likeness (QED) is 0.175. The molecule has 4 rings (SSSR count). The van der Waals surface area contributed by atoms with Gasteiger partial charge in [-0.1, -0.05) is 55.0 Å². The topological polar surface area (TPSA) is 138 Å². The van der Waals surface area contributed by atoms with Crippen LogP contribution in [-0.4, -0.2) is 77.9 Å². The van der Waals surface area contributed by atoms with Crippen LogP contribution in [0.1, 0.15) is 32.1 Å². The standard InChI is InChI=1S/C33H43N5O6S/c1-43-27-14-16-29(17-15-27)45(41,42)36-21-9-3-8-20-34-32(39)35-22-25-38-23-18-28(19-24-38)44-33(40)37-31-13-7-6-12-30(31)26-10-4-2-5-11-26/h2,4-7,10-17,28,36H,3,8-9,18-25H2,1H3,(H,37,40)(H2,34,35,39). The number of piperidine rings is 1. The van der Waals surface area contributed by atoms with Crippen molar-refractivity contribution in [2.24, 2.45) is 0 Å². The highest BCUT2D eigenvalue weighted by atomic mass is 32.2. The number of amides is 3. The Hall–Kier alpha value is -4.13. The van der Waals surface area contributed by atoms with E-state index < -0.39 is 16.1 Å². The number of nitrogens with zero attached hydrogens (tertiary/aromatic N) is 1. The molecule has 0 spiro atoms. The zero-order chi connectivity index (χ0) is 31.9. The van der Waals surface area contributed by atoms with Crippen molar-refractivity contribution in [3.05, 3.63) is 78.9 Å². The number of likely N-dealkylation sites (tertiary alicyclic amines) is 1. The molecule has 0 unspecified atom stereocenters. The number of rotatable bonds is 15. The zero-order valence-electron chi connectivity index (χ0n) is 25.7. The molecule has 12 heteroatoms. The Morgan fingerprint density at radius 2 is 1.49 bits per heavy atom. The first-order valence-corrected chi connectivity index (χ1v) is 16.8. The van der Waals surface area contributed by atoms with E-state index in [2.05, 4.69) is 25.6 Å². The van der Waals surface area contributed by atoms with E-state index in [0.29, 0.717) is 44.0 Å². The summed E-state index contributed by atoms with van der Waals surface area (Å²) in [6.07, 6.45) is 3.05. The smallest absolute Gasteiger partial charge is 0.411 e. The Kier molecular flexibility index (Phi) is 13.0. The first kappa shape index (κ1) is 33.8. The van der Waals surface area contributed by atoms with Gasteiger partial charge in [-0.25, -0.2) is 22.7 Å². The van der Waals surface area contributed by atoms with E-state index in [1.54, 1.807) is 12.1 Å². The number of sulfonamides is 1. The van der Waals surface area contributed by atoms with Crippen molar-refractivity contribution >= 4 is 27.8 Å². The van der Waals surface area contributed by atoms with Crippen LogP contribution in [0.25, 0.3) is 11.1 Å². The first-order chi connectivity index (χ1) is 21.8. The van der Waals surface area contributed by atoms with Crippen LogP contribution in [0.4, 0.5) is 15.3 Å². The Morgan fingerprint density at radius 3 is 2.22 bits per heavy atom. The number of anilines is 1. The second-order valence-electron chi connectivity index (χ2n) is 10.8. The number of unbranched alkanes of at least 4 members (excludes halogenated alkanes) is 2. The number of nitrogens with one attached hydrogen (secondary N) is 4. The summed E-state index contributed by atoms with van der Waals surface area (Å²) < 4.78 is 38.1. The molecule has 3 aromatic rings. The number of hydrogen-bond donors (Lipinski definition) is 4. The van der Waals surface area contributed by atoms with Crippen molar-refractivity contribution in [1.82, 2.24) is 20.3 Å². The van der Waals surface area contributed by atoms with Crippen molar-refractivity contribution in [3.8, 4) is 16.9 Å². The van der Waals surface area contributed by atoms with E-state index in [9.17, 15) is 18.0 Å². The Bertz CT molecular complexity index is 1460. The Morgan fingerprint density at radius 1 is 0.822 bits per heavy atom. The molecular weight excluding hydrogens is 594 g/mol. The first-order valence-electron chi connectivity index (χ1n) is 15.3. The summed E-state index contributed by atoms with van der Waals surface area (Å²) in [5, 5.41) is 8.62. The third-order valence-corrected chi connectivity index (χ3v) is 9.05. The summed E-state index contributed by atoms with van der Waals surface area (Å²) in [5.41, 5.74) is 2.67. The third-order valence-electron chi connectivity index (χ3n) is 7.57. The predicted molar refractivity (Wildman–Crippen MR) is 175 cm³/mol. The molecular formula is C33H43N5O6S. The average molecular weight is 638 g/mol. The van der Waals surface area contributed by atoms with Crippen LogP contribution in [-0.2, 0) is 14.8 Å². The SMILES string of the molecule is COc1ccc(S(=O)(=O)NCCCCCNC(=O)NCCN2CCC(OC(=O)Nc3ccccc3-c3ccccc3)CC2)cc1. The second kappa shape index (κ2) is 17.4. The van der Waals surface area contributed by atoms with Crippen LogP contribution in [0.2, 0.25) is 0 Å². The van der Waals surface area contributed by atoms with Gasteiger partial charge in [0.1, 0.15) is 11.9 Å². The monoisotopic (exact) mass is 637 g/mol. The van der Waals surface area contributed by atoms with E-state index in [4.69, 9.17) is 9.47 Å². The molecule has 45 heavy (non-hydrogen) atoms. The van der Waals surface area contributed by atoms with E-state index in [0.717, 1.165) is 49.9 Å². The minimum Gasteiger partial charge on any atom is -0.497 e. The minimum atomic E-state index is -3.56. The molecule has 1 aliphatic rings. The molecule has 4 N–H and O–H groups in total. The van der Waals surface area contributed by atoms with Crippen molar-refractivity contribution in [2.45, 2.75) is 43.1 Å².